The minimum Gasteiger partial charge on any atom is -0.400 e. The molecule has 0 aliphatic heterocycles. The molecule has 2 aromatic heterocycles. The van der Waals surface area contributed by atoms with Gasteiger partial charge in [0.2, 0.25) is 0 Å². The number of hydrogen-bond acceptors (Lipinski definition) is 5. The molecular formula is C20H12ClN3O3. The van der Waals surface area contributed by atoms with Gasteiger partial charge in [0.1, 0.15) is 4.92 Å². The molecule has 6 nitrogen and oxygen atoms in total. The van der Waals surface area contributed by atoms with E-state index in [1.165, 1.54) is 18.3 Å². The first-order valence-electron chi connectivity index (χ1n) is 8.04. The zero-order chi connectivity index (χ0) is 18.8. The van der Waals surface area contributed by atoms with Gasteiger partial charge in [0.05, 0.1) is 17.8 Å². The number of aromatic nitrogens is 1. The Kier molecular flexibility index (Phi) is 4.40. The minimum absolute atomic E-state index is 0.279. The monoisotopic (exact) mass is 377 g/mol. The maximum Gasteiger partial charge on any atom is 0.433 e. The topological polar surface area (TPSA) is 81.5 Å². The second kappa shape index (κ2) is 7.01. The van der Waals surface area contributed by atoms with E-state index < -0.39 is 4.92 Å². The van der Waals surface area contributed by atoms with Crippen molar-refractivity contribution in [1.29, 1.82) is 0 Å². The largest absolute Gasteiger partial charge is 0.433 e. The Morgan fingerprint density at radius 2 is 1.89 bits per heavy atom. The minimum atomic E-state index is -0.594. The van der Waals surface area contributed by atoms with Gasteiger partial charge in [0.15, 0.2) is 11.6 Å². The number of halogens is 1. The predicted octanol–water partition coefficient (Wildman–Crippen LogP) is 5.81. The summed E-state index contributed by atoms with van der Waals surface area (Å²) in [6.07, 6.45) is 1.41. The van der Waals surface area contributed by atoms with E-state index in [1.54, 1.807) is 6.07 Å². The molecule has 2 aromatic carbocycles. The van der Waals surface area contributed by atoms with Crippen molar-refractivity contribution in [2.75, 3.05) is 0 Å². The molecule has 0 fully saturated rings. The molecule has 2 heterocycles. The number of fused-ring (bicyclic) bond motifs is 1. The van der Waals surface area contributed by atoms with E-state index in [4.69, 9.17) is 16.0 Å². The summed E-state index contributed by atoms with van der Waals surface area (Å²) < 4.78 is 5.09. The molecule has 132 valence electrons. The van der Waals surface area contributed by atoms with Crippen LogP contribution < -0.4 is 0 Å². The number of aliphatic imine (C=N–C) groups is 1. The van der Waals surface area contributed by atoms with Crippen LogP contribution in [0.15, 0.2) is 76.1 Å². The van der Waals surface area contributed by atoms with Gasteiger partial charge in [0, 0.05) is 10.4 Å². The van der Waals surface area contributed by atoms with E-state index in [9.17, 15) is 10.1 Å². The highest BCUT2D eigenvalue weighted by atomic mass is 35.5. The van der Waals surface area contributed by atoms with Crippen molar-refractivity contribution in [2.45, 2.75) is 0 Å². The highest BCUT2D eigenvalue weighted by molar-refractivity contribution is 6.31. The van der Waals surface area contributed by atoms with Crippen LogP contribution in [0.4, 0.5) is 11.7 Å². The van der Waals surface area contributed by atoms with Gasteiger partial charge in [-0.05, 0) is 41.5 Å². The molecule has 0 unspecified atom stereocenters. The van der Waals surface area contributed by atoms with Crippen LogP contribution in [0.3, 0.4) is 0 Å². The van der Waals surface area contributed by atoms with Crippen molar-refractivity contribution < 1.29 is 9.34 Å². The molecule has 4 aromatic rings. The van der Waals surface area contributed by atoms with Crippen LogP contribution in [0.1, 0.15) is 5.76 Å². The van der Waals surface area contributed by atoms with E-state index >= 15 is 0 Å². The maximum atomic E-state index is 10.7. The number of rotatable bonds is 4. The van der Waals surface area contributed by atoms with E-state index in [-0.39, 0.29) is 11.6 Å². The van der Waals surface area contributed by atoms with E-state index in [0.717, 1.165) is 22.0 Å². The molecule has 27 heavy (non-hydrogen) atoms. The summed E-state index contributed by atoms with van der Waals surface area (Å²) in [4.78, 5) is 19.0. The van der Waals surface area contributed by atoms with Crippen LogP contribution in [0.2, 0.25) is 5.02 Å². The molecule has 0 N–H and O–H groups in total. The quantitative estimate of drug-likeness (QED) is 0.255. The third-order valence-electron chi connectivity index (χ3n) is 3.96. The lowest BCUT2D eigenvalue weighted by Crippen LogP contribution is -1.87. The van der Waals surface area contributed by atoms with Crippen LogP contribution >= 0.6 is 11.6 Å². The lowest BCUT2D eigenvalue weighted by molar-refractivity contribution is -0.402. The van der Waals surface area contributed by atoms with E-state index in [1.807, 2.05) is 48.5 Å². The van der Waals surface area contributed by atoms with Crippen LogP contribution in [0.5, 0.6) is 0 Å². The molecule has 0 amide bonds. The van der Waals surface area contributed by atoms with Gasteiger partial charge in [-0.25, -0.2) is 9.98 Å². The Bertz CT molecular complexity index is 1170. The summed E-state index contributed by atoms with van der Waals surface area (Å²) in [6, 6.07) is 20.0. The Balaban J connectivity index is 1.80. The SMILES string of the molecule is O=[N+]([O-])c1ccc(C=Nc2cc(-c3ccccc3)c3cc(Cl)ccc3n2)o1. The predicted molar refractivity (Wildman–Crippen MR) is 105 cm³/mol. The summed E-state index contributed by atoms with van der Waals surface area (Å²) in [5.74, 6) is 0.409. The summed E-state index contributed by atoms with van der Waals surface area (Å²) in [7, 11) is 0. The number of benzene rings is 2. The summed E-state index contributed by atoms with van der Waals surface area (Å²) in [5.41, 5.74) is 2.70. The third kappa shape index (κ3) is 3.56. The smallest absolute Gasteiger partial charge is 0.400 e. The third-order valence-corrected chi connectivity index (χ3v) is 4.19. The molecule has 0 radical (unpaired) electrons. The van der Waals surface area contributed by atoms with Crippen LogP contribution in [-0.4, -0.2) is 16.1 Å². The van der Waals surface area contributed by atoms with Crippen molar-refractivity contribution in [1.82, 2.24) is 4.98 Å². The van der Waals surface area contributed by atoms with Gasteiger partial charge in [-0.1, -0.05) is 41.9 Å². The highest BCUT2D eigenvalue weighted by Gasteiger charge is 2.11. The number of nitrogens with zero attached hydrogens (tertiary/aromatic N) is 3. The fraction of sp³-hybridized carbons (Fsp3) is 0. The summed E-state index contributed by atoms with van der Waals surface area (Å²) in [5, 5.41) is 12.3. The van der Waals surface area contributed by atoms with Gasteiger partial charge in [0.25, 0.3) is 0 Å². The summed E-state index contributed by atoms with van der Waals surface area (Å²) >= 11 is 6.16. The molecule has 0 aliphatic rings. The molecule has 0 bridgehead atoms. The molecular weight excluding hydrogens is 366 g/mol. The normalized spacial score (nSPS) is 11.3. The molecule has 0 atom stereocenters. The van der Waals surface area contributed by atoms with Crippen LogP contribution in [0.25, 0.3) is 22.0 Å². The first kappa shape index (κ1) is 16.9. The van der Waals surface area contributed by atoms with Gasteiger partial charge in [-0.15, -0.1) is 0 Å². The molecule has 7 heteroatoms. The van der Waals surface area contributed by atoms with E-state index in [2.05, 4.69) is 9.98 Å². The van der Waals surface area contributed by atoms with Gasteiger partial charge >= 0.3 is 5.88 Å². The Morgan fingerprint density at radius 1 is 1.07 bits per heavy atom. The number of nitro groups is 1. The average Bonchev–Trinajstić information content (AvgIpc) is 3.16. The zero-order valence-corrected chi connectivity index (χ0v) is 14.6. The van der Waals surface area contributed by atoms with Crippen molar-refractivity contribution in [3.63, 3.8) is 0 Å². The summed E-state index contributed by atoms with van der Waals surface area (Å²) in [6.45, 7) is 0. The number of hydrogen-bond donors (Lipinski definition) is 0. The first-order chi connectivity index (χ1) is 13.1. The van der Waals surface area contributed by atoms with Gasteiger partial charge in [-0.2, -0.15) is 0 Å². The van der Waals surface area contributed by atoms with Crippen molar-refractivity contribution in [3.8, 4) is 11.1 Å². The van der Waals surface area contributed by atoms with Crippen molar-refractivity contribution in [3.05, 3.63) is 87.6 Å². The van der Waals surface area contributed by atoms with E-state index in [0.29, 0.717) is 10.8 Å². The molecule has 0 saturated carbocycles. The second-order valence-electron chi connectivity index (χ2n) is 5.75. The number of pyridine rings is 1. The molecule has 0 spiro atoms. The van der Waals surface area contributed by atoms with Crippen LogP contribution in [-0.2, 0) is 0 Å². The number of furan rings is 1. The van der Waals surface area contributed by atoms with Crippen molar-refractivity contribution in [2.24, 2.45) is 4.99 Å². The van der Waals surface area contributed by atoms with Gasteiger partial charge < -0.3 is 4.42 Å². The average molecular weight is 378 g/mol. The van der Waals surface area contributed by atoms with Gasteiger partial charge in [-0.3, -0.25) is 10.1 Å². The Hall–Kier alpha value is -3.51. The maximum absolute atomic E-state index is 10.7. The second-order valence-corrected chi connectivity index (χ2v) is 6.18. The molecule has 4 rings (SSSR count). The standard InChI is InChI=1S/C20H12ClN3O3/c21-14-6-8-18-17(10-14)16(13-4-2-1-3-5-13)11-19(23-18)22-12-15-7-9-20(27-15)24(25)26/h1-12H. The molecule has 0 aliphatic carbocycles. The Morgan fingerprint density at radius 3 is 2.63 bits per heavy atom. The lowest BCUT2D eigenvalue weighted by Gasteiger charge is -2.08. The highest BCUT2D eigenvalue weighted by Crippen LogP contribution is 2.32. The zero-order valence-electron chi connectivity index (χ0n) is 13.9. The molecule has 0 saturated heterocycles. The lowest BCUT2D eigenvalue weighted by atomic mass is 10.0. The first-order valence-corrected chi connectivity index (χ1v) is 8.42. The van der Waals surface area contributed by atoms with Crippen molar-refractivity contribution >= 4 is 40.4 Å². The fourth-order valence-corrected chi connectivity index (χ4v) is 2.92. The fourth-order valence-electron chi connectivity index (χ4n) is 2.75. The Labute approximate surface area is 158 Å². The van der Waals surface area contributed by atoms with Crippen LogP contribution in [0, 0.1) is 10.1 Å².